The number of benzene rings is 2. The molecule has 1 fully saturated rings. The number of carbonyl (C=O) groups excluding carboxylic acids is 1. The van der Waals surface area contributed by atoms with Gasteiger partial charge in [0, 0.05) is 38.3 Å². The summed E-state index contributed by atoms with van der Waals surface area (Å²) in [6.45, 7) is 3.55. The van der Waals surface area contributed by atoms with Crippen LogP contribution in [0.3, 0.4) is 0 Å². The van der Waals surface area contributed by atoms with Crippen molar-refractivity contribution < 1.29 is 14.3 Å². The van der Waals surface area contributed by atoms with Crippen LogP contribution < -0.4 is 14.8 Å². The van der Waals surface area contributed by atoms with Gasteiger partial charge in [-0.2, -0.15) is 0 Å². The number of hydrogen-bond acceptors (Lipinski definition) is 4. The van der Waals surface area contributed by atoms with Crippen molar-refractivity contribution in [2.75, 3.05) is 39.2 Å². The number of anilines is 1. The fourth-order valence-electron chi connectivity index (χ4n) is 3.78. The van der Waals surface area contributed by atoms with Crippen molar-refractivity contribution in [3.8, 4) is 11.5 Å². The van der Waals surface area contributed by atoms with Crippen LogP contribution in [0.15, 0.2) is 42.5 Å². The van der Waals surface area contributed by atoms with Gasteiger partial charge in [-0.1, -0.05) is 24.3 Å². The van der Waals surface area contributed by atoms with Crippen LogP contribution in [0.4, 0.5) is 10.5 Å². The predicted molar refractivity (Wildman–Crippen MR) is 104 cm³/mol. The predicted octanol–water partition coefficient (Wildman–Crippen LogP) is 2.98. The molecule has 0 aliphatic carbocycles. The average molecular weight is 367 g/mol. The van der Waals surface area contributed by atoms with Gasteiger partial charge in [-0.15, -0.1) is 0 Å². The molecule has 2 heterocycles. The molecule has 2 aromatic rings. The normalized spacial score (nSPS) is 17.0. The van der Waals surface area contributed by atoms with E-state index in [4.69, 9.17) is 9.47 Å². The molecule has 6 heteroatoms. The zero-order valence-electron chi connectivity index (χ0n) is 15.8. The molecule has 142 valence electrons. The van der Waals surface area contributed by atoms with Crippen LogP contribution in [0.5, 0.6) is 11.5 Å². The van der Waals surface area contributed by atoms with Gasteiger partial charge in [-0.05, 0) is 29.7 Å². The molecule has 0 atom stereocenters. The minimum absolute atomic E-state index is 0.0906. The van der Waals surface area contributed by atoms with E-state index in [-0.39, 0.29) is 6.03 Å². The third-order valence-corrected chi connectivity index (χ3v) is 5.48. The Morgan fingerprint density at radius 3 is 2.59 bits per heavy atom. The number of likely N-dealkylation sites (tertiary alicyclic amines) is 1. The number of nitrogens with zero attached hydrogens (tertiary/aromatic N) is 2. The van der Waals surface area contributed by atoms with Gasteiger partial charge >= 0.3 is 6.03 Å². The summed E-state index contributed by atoms with van der Waals surface area (Å²) in [5.41, 5.74) is 3.52. The fourth-order valence-corrected chi connectivity index (χ4v) is 3.78. The van der Waals surface area contributed by atoms with Crippen molar-refractivity contribution in [3.05, 3.63) is 53.6 Å². The number of methoxy groups -OCH3 is 2. The molecule has 2 aliphatic rings. The van der Waals surface area contributed by atoms with Gasteiger partial charge in [-0.3, -0.25) is 4.90 Å². The number of rotatable bonds is 4. The number of amides is 2. The molecule has 1 N–H and O–H groups in total. The van der Waals surface area contributed by atoms with Gasteiger partial charge in [0.15, 0.2) is 0 Å². The number of carbonyl (C=O) groups is 1. The molecule has 4 rings (SSSR count). The first-order chi connectivity index (χ1) is 13.2. The maximum atomic E-state index is 12.6. The van der Waals surface area contributed by atoms with Crippen LogP contribution in [0.2, 0.25) is 0 Å². The van der Waals surface area contributed by atoms with Gasteiger partial charge < -0.3 is 19.7 Å². The number of ether oxygens (including phenoxy) is 2. The second kappa shape index (κ2) is 7.48. The highest BCUT2D eigenvalue weighted by Gasteiger charge is 2.36. The molecule has 0 spiro atoms. The lowest BCUT2D eigenvalue weighted by atomic mass is 9.97. The Morgan fingerprint density at radius 1 is 1.07 bits per heavy atom. The Kier molecular flexibility index (Phi) is 4.90. The second-order valence-electron chi connectivity index (χ2n) is 7.04. The van der Waals surface area contributed by atoms with E-state index >= 15 is 0 Å². The van der Waals surface area contributed by atoms with E-state index in [0.29, 0.717) is 23.2 Å². The molecule has 0 unspecified atom stereocenters. The number of urea groups is 1. The van der Waals surface area contributed by atoms with E-state index in [1.54, 1.807) is 26.4 Å². The van der Waals surface area contributed by atoms with E-state index in [2.05, 4.69) is 34.5 Å². The van der Waals surface area contributed by atoms with Gasteiger partial charge in [0.25, 0.3) is 0 Å². The summed E-state index contributed by atoms with van der Waals surface area (Å²) in [5, 5.41) is 2.94. The summed E-state index contributed by atoms with van der Waals surface area (Å²) in [7, 11) is 3.19. The quantitative estimate of drug-likeness (QED) is 0.903. The highest BCUT2D eigenvalue weighted by molar-refractivity contribution is 5.91. The maximum Gasteiger partial charge on any atom is 0.322 e. The zero-order valence-corrected chi connectivity index (χ0v) is 15.8. The Balaban J connectivity index is 1.33. The summed E-state index contributed by atoms with van der Waals surface area (Å²) in [5.74, 6) is 1.28. The molecule has 2 aromatic carbocycles. The van der Waals surface area contributed by atoms with E-state index in [0.717, 1.165) is 32.6 Å². The fraction of sp³-hybridized carbons (Fsp3) is 0.381. The Morgan fingerprint density at radius 2 is 1.85 bits per heavy atom. The monoisotopic (exact) mass is 367 g/mol. The number of fused-ring (bicyclic) bond motifs is 1. The summed E-state index contributed by atoms with van der Waals surface area (Å²) >= 11 is 0. The minimum atomic E-state index is -0.0906. The molecule has 0 aromatic heterocycles. The smallest absolute Gasteiger partial charge is 0.322 e. The van der Waals surface area contributed by atoms with E-state index < -0.39 is 0 Å². The lowest BCUT2D eigenvalue weighted by Crippen LogP contribution is -2.62. The Bertz CT molecular complexity index is 833. The number of hydrogen-bond donors (Lipinski definition) is 1. The molecule has 1 saturated heterocycles. The largest absolute Gasteiger partial charge is 0.497 e. The summed E-state index contributed by atoms with van der Waals surface area (Å²) < 4.78 is 10.5. The molecular weight excluding hydrogens is 342 g/mol. The molecule has 0 radical (unpaired) electrons. The van der Waals surface area contributed by atoms with Crippen molar-refractivity contribution in [1.29, 1.82) is 0 Å². The molecule has 2 amide bonds. The van der Waals surface area contributed by atoms with Gasteiger partial charge in [0.2, 0.25) is 0 Å². The van der Waals surface area contributed by atoms with Crippen molar-refractivity contribution in [2.24, 2.45) is 0 Å². The first-order valence-electron chi connectivity index (χ1n) is 9.26. The van der Waals surface area contributed by atoms with Crippen LogP contribution >= 0.6 is 0 Å². The van der Waals surface area contributed by atoms with Crippen LogP contribution in [-0.4, -0.2) is 55.7 Å². The SMILES string of the molecule is COc1ccc(NC(=O)N2CC(N3CCc4ccccc4C3)C2)c(OC)c1. The van der Waals surface area contributed by atoms with Crippen molar-refractivity contribution >= 4 is 11.7 Å². The molecule has 0 saturated carbocycles. The molecular formula is C21H25N3O3. The molecule has 6 nitrogen and oxygen atoms in total. The van der Waals surface area contributed by atoms with E-state index in [1.807, 2.05) is 11.0 Å². The van der Waals surface area contributed by atoms with Crippen LogP contribution in [0.25, 0.3) is 0 Å². The summed E-state index contributed by atoms with van der Waals surface area (Å²) in [6.07, 6.45) is 1.09. The average Bonchev–Trinajstić information content (AvgIpc) is 2.67. The highest BCUT2D eigenvalue weighted by atomic mass is 16.5. The van der Waals surface area contributed by atoms with Gasteiger partial charge in [-0.25, -0.2) is 4.79 Å². The van der Waals surface area contributed by atoms with Crippen molar-refractivity contribution in [3.63, 3.8) is 0 Å². The summed E-state index contributed by atoms with van der Waals surface area (Å²) in [4.78, 5) is 16.9. The standard InChI is InChI=1S/C21H25N3O3/c1-26-18-7-8-19(20(11-18)27-2)22-21(25)24-13-17(14-24)23-10-9-15-5-3-4-6-16(15)12-23/h3-8,11,17H,9-10,12-14H2,1-2H3,(H,22,25). The van der Waals surface area contributed by atoms with Crippen molar-refractivity contribution in [2.45, 2.75) is 19.0 Å². The van der Waals surface area contributed by atoms with Gasteiger partial charge in [0.05, 0.1) is 19.9 Å². The van der Waals surface area contributed by atoms with E-state index in [9.17, 15) is 4.79 Å². The minimum Gasteiger partial charge on any atom is -0.497 e. The lowest BCUT2D eigenvalue weighted by Gasteiger charge is -2.46. The zero-order chi connectivity index (χ0) is 18.8. The number of nitrogens with one attached hydrogen (secondary N) is 1. The van der Waals surface area contributed by atoms with Crippen LogP contribution in [-0.2, 0) is 13.0 Å². The molecule has 2 aliphatic heterocycles. The third kappa shape index (κ3) is 3.57. The Hall–Kier alpha value is -2.73. The second-order valence-corrected chi connectivity index (χ2v) is 7.04. The maximum absolute atomic E-state index is 12.6. The lowest BCUT2D eigenvalue weighted by molar-refractivity contribution is 0.0528. The van der Waals surface area contributed by atoms with Crippen molar-refractivity contribution in [1.82, 2.24) is 9.80 Å². The molecule has 27 heavy (non-hydrogen) atoms. The Labute approximate surface area is 159 Å². The van der Waals surface area contributed by atoms with E-state index in [1.165, 1.54) is 11.1 Å². The highest BCUT2D eigenvalue weighted by Crippen LogP contribution is 2.30. The molecule has 0 bridgehead atoms. The van der Waals surface area contributed by atoms with Crippen LogP contribution in [0, 0.1) is 0 Å². The first-order valence-corrected chi connectivity index (χ1v) is 9.26. The topological polar surface area (TPSA) is 54.0 Å². The van der Waals surface area contributed by atoms with Gasteiger partial charge in [0.1, 0.15) is 11.5 Å². The first kappa shape index (κ1) is 17.7. The third-order valence-electron chi connectivity index (χ3n) is 5.48. The summed E-state index contributed by atoms with van der Waals surface area (Å²) in [6, 6.07) is 14.4. The van der Waals surface area contributed by atoms with Crippen LogP contribution in [0.1, 0.15) is 11.1 Å².